The third-order valence-corrected chi connectivity index (χ3v) is 2.87. The fourth-order valence-electron chi connectivity index (χ4n) is 1.81. The molecule has 0 bridgehead atoms. The van der Waals surface area contributed by atoms with Crippen LogP contribution in [0.1, 0.15) is 24.8 Å². The van der Waals surface area contributed by atoms with Gasteiger partial charge in [-0.1, -0.05) is 0 Å². The average Bonchev–Trinajstić information content (AvgIpc) is 2.26. The summed E-state index contributed by atoms with van der Waals surface area (Å²) >= 11 is 0. The molecule has 86 valence electrons. The van der Waals surface area contributed by atoms with Crippen LogP contribution in [0.5, 0.6) is 0 Å². The van der Waals surface area contributed by atoms with Gasteiger partial charge in [0, 0.05) is 24.9 Å². The van der Waals surface area contributed by atoms with Gasteiger partial charge in [-0.2, -0.15) is 0 Å². The Hall–Kier alpha value is -1.42. The maximum atomic E-state index is 11.5. The van der Waals surface area contributed by atoms with E-state index in [1.165, 1.54) is 0 Å². The fraction of sp³-hybridized carbons (Fsp3) is 0.500. The molecular formula is C12H16N2O2. The zero-order valence-corrected chi connectivity index (χ0v) is 9.10. The molecule has 1 aliphatic rings. The summed E-state index contributed by atoms with van der Waals surface area (Å²) in [6.07, 6.45) is 5.87. The van der Waals surface area contributed by atoms with E-state index in [9.17, 15) is 4.79 Å². The highest BCUT2D eigenvalue weighted by Crippen LogP contribution is 2.19. The van der Waals surface area contributed by atoms with E-state index in [0.717, 1.165) is 12.0 Å². The quantitative estimate of drug-likeness (QED) is 0.783. The van der Waals surface area contributed by atoms with Crippen LogP contribution in [0.2, 0.25) is 0 Å². The number of aromatic nitrogens is 1. The molecule has 1 saturated carbocycles. The zero-order chi connectivity index (χ0) is 11.4. The Morgan fingerprint density at radius 1 is 1.44 bits per heavy atom. The minimum Gasteiger partial charge on any atom is -0.393 e. The highest BCUT2D eigenvalue weighted by atomic mass is 16.3. The summed E-state index contributed by atoms with van der Waals surface area (Å²) in [6.45, 7) is 0. The van der Waals surface area contributed by atoms with Gasteiger partial charge in [-0.3, -0.25) is 9.78 Å². The van der Waals surface area contributed by atoms with Crippen molar-refractivity contribution < 1.29 is 9.90 Å². The third kappa shape index (κ3) is 3.03. The molecule has 1 heterocycles. The molecule has 0 aliphatic heterocycles. The average molecular weight is 220 g/mol. The molecule has 0 unspecified atom stereocenters. The first-order chi connectivity index (χ1) is 7.74. The Morgan fingerprint density at radius 3 is 2.75 bits per heavy atom. The van der Waals surface area contributed by atoms with Crippen molar-refractivity contribution in [2.24, 2.45) is 0 Å². The monoisotopic (exact) mass is 220 g/mol. The van der Waals surface area contributed by atoms with Crippen molar-refractivity contribution in [3.05, 3.63) is 30.1 Å². The normalized spacial score (nSPS) is 23.6. The number of hydrogen-bond donors (Lipinski definition) is 2. The van der Waals surface area contributed by atoms with E-state index in [0.29, 0.717) is 19.3 Å². The number of aryl methyl sites for hydroxylation is 1. The molecule has 1 aliphatic carbocycles. The van der Waals surface area contributed by atoms with Gasteiger partial charge in [-0.15, -0.1) is 0 Å². The molecule has 2 rings (SSSR count). The van der Waals surface area contributed by atoms with Crippen molar-refractivity contribution in [1.82, 2.24) is 10.3 Å². The summed E-state index contributed by atoms with van der Waals surface area (Å²) in [5.74, 6) is 0.0636. The van der Waals surface area contributed by atoms with Crippen molar-refractivity contribution in [3.8, 4) is 0 Å². The van der Waals surface area contributed by atoms with Gasteiger partial charge in [0.05, 0.1) is 6.10 Å². The standard InChI is InChI=1S/C12H16N2O2/c15-11-7-10(8-11)14-12(16)2-1-9-3-5-13-6-4-9/h3-6,10-11,15H,1-2,7-8H2,(H,14,16). The van der Waals surface area contributed by atoms with E-state index in [1.807, 2.05) is 12.1 Å². The number of aliphatic hydroxyl groups is 1. The molecule has 16 heavy (non-hydrogen) atoms. The minimum absolute atomic E-state index is 0.0636. The number of pyridine rings is 1. The highest BCUT2D eigenvalue weighted by molar-refractivity contribution is 5.76. The summed E-state index contributed by atoms with van der Waals surface area (Å²) in [6, 6.07) is 4.01. The summed E-state index contributed by atoms with van der Waals surface area (Å²) in [7, 11) is 0. The van der Waals surface area contributed by atoms with Gasteiger partial charge in [0.25, 0.3) is 0 Å². The van der Waals surface area contributed by atoms with Gasteiger partial charge < -0.3 is 10.4 Å². The van der Waals surface area contributed by atoms with Crippen LogP contribution in [0, 0.1) is 0 Å². The Kier molecular flexibility index (Phi) is 3.51. The maximum Gasteiger partial charge on any atom is 0.220 e. The van der Waals surface area contributed by atoms with E-state index < -0.39 is 0 Å². The van der Waals surface area contributed by atoms with Crippen LogP contribution in [0.15, 0.2) is 24.5 Å². The van der Waals surface area contributed by atoms with Gasteiger partial charge in [-0.05, 0) is 37.0 Å². The van der Waals surface area contributed by atoms with E-state index in [4.69, 9.17) is 5.11 Å². The van der Waals surface area contributed by atoms with Crippen molar-refractivity contribution in [2.45, 2.75) is 37.8 Å². The molecule has 4 heteroatoms. The SMILES string of the molecule is O=C(CCc1ccncc1)NC1CC(O)C1. The largest absolute Gasteiger partial charge is 0.393 e. The molecule has 0 aromatic carbocycles. The zero-order valence-electron chi connectivity index (χ0n) is 9.10. The summed E-state index contributed by atoms with van der Waals surface area (Å²) in [5, 5.41) is 12.0. The van der Waals surface area contributed by atoms with Crippen LogP contribution in [-0.2, 0) is 11.2 Å². The van der Waals surface area contributed by atoms with Crippen LogP contribution in [0.25, 0.3) is 0 Å². The van der Waals surface area contributed by atoms with Crippen molar-refractivity contribution in [2.75, 3.05) is 0 Å². The lowest BCUT2D eigenvalue weighted by Crippen LogP contribution is -2.46. The second-order valence-corrected chi connectivity index (χ2v) is 4.25. The van der Waals surface area contributed by atoms with Crippen molar-refractivity contribution in [1.29, 1.82) is 0 Å². The molecule has 1 aromatic rings. The molecule has 1 aromatic heterocycles. The Balaban J connectivity index is 1.68. The van der Waals surface area contributed by atoms with E-state index >= 15 is 0 Å². The molecule has 0 spiro atoms. The van der Waals surface area contributed by atoms with Gasteiger partial charge in [0.15, 0.2) is 0 Å². The van der Waals surface area contributed by atoms with E-state index in [2.05, 4.69) is 10.3 Å². The van der Waals surface area contributed by atoms with Crippen molar-refractivity contribution >= 4 is 5.91 Å². The number of amides is 1. The smallest absolute Gasteiger partial charge is 0.220 e. The van der Waals surface area contributed by atoms with Crippen LogP contribution in [-0.4, -0.2) is 28.1 Å². The number of nitrogens with zero attached hydrogens (tertiary/aromatic N) is 1. The lowest BCUT2D eigenvalue weighted by molar-refractivity contribution is -0.123. The minimum atomic E-state index is -0.217. The molecule has 1 fully saturated rings. The molecule has 2 N–H and O–H groups in total. The number of rotatable bonds is 4. The second kappa shape index (κ2) is 5.07. The Labute approximate surface area is 94.7 Å². The van der Waals surface area contributed by atoms with Gasteiger partial charge in [0.1, 0.15) is 0 Å². The molecular weight excluding hydrogens is 204 g/mol. The van der Waals surface area contributed by atoms with E-state index in [1.54, 1.807) is 12.4 Å². The fourth-order valence-corrected chi connectivity index (χ4v) is 1.81. The van der Waals surface area contributed by atoms with Gasteiger partial charge in [-0.25, -0.2) is 0 Å². The lowest BCUT2D eigenvalue weighted by atomic mass is 9.89. The Bertz CT molecular complexity index is 347. The van der Waals surface area contributed by atoms with Crippen LogP contribution in [0.4, 0.5) is 0 Å². The number of nitrogens with one attached hydrogen (secondary N) is 1. The predicted molar refractivity (Wildman–Crippen MR) is 59.7 cm³/mol. The van der Waals surface area contributed by atoms with Crippen molar-refractivity contribution in [3.63, 3.8) is 0 Å². The molecule has 1 amide bonds. The molecule has 0 saturated heterocycles. The summed E-state index contributed by atoms with van der Waals surface area (Å²) in [5.41, 5.74) is 1.12. The topological polar surface area (TPSA) is 62.2 Å². The lowest BCUT2D eigenvalue weighted by Gasteiger charge is -2.31. The first-order valence-electron chi connectivity index (χ1n) is 5.60. The van der Waals surface area contributed by atoms with Crippen LogP contribution in [0.3, 0.4) is 0 Å². The first-order valence-corrected chi connectivity index (χ1v) is 5.60. The summed E-state index contributed by atoms with van der Waals surface area (Å²) < 4.78 is 0. The number of aliphatic hydroxyl groups excluding tert-OH is 1. The predicted octanol–water partition coefficient (Wildman–Crippen LogP) is 0.654. The van der Waals surface area contributed by atoms with Crippen LogP contribution >= 0.6 is 0 Å². The first kappa shape index (κ1) is 11.1. The summed E-state index contributed by atoms with van der Waals surface area (Å²) in [4.78, 5) is 15.4. The van der Waals surface area contributed by atoms with E-state index in [-0.39, 0.29) is 18.1 Å². The highest BCUT2D eigenvalue weighted by Gasteiger charge is 2.27. The number of hydrogen-bond acceptors (Lipinski definition) is 3. The molecule has 0 radical (unpaired) electrons. The Morgan fingerprint density at radius 2 is 2.12 bits per heavy atom. The molecule has 0 atom stereocenters. The third-order valence-electron chi connectivity index (χ3n) is 2.87. The maximum absolute atomic E-state index is 11.5. The van der Waals surface area contributed by atoms with Gasteiger partial charge >= 0.3 is 0 Å². The van der Waals surface area contributed by atoms with Gasteiger partial charge in [0.2, 0.25) is 5.91 Å². The molecule has 4 nitrogen and oxygen atoms in total. The van der Waals surface area contributed by atoms with Crippen LogP contribution < -0.4 is 5.32 Å². The number of carbonyl (C=O) groups excluding carboxylic acids is 1. The number of carbonyl (C=O) groups is 1. The second-order valence-electron chi connectivity index (χ2n) is 4.25.